The fourth-order valence-corrected chi connectivity index (χ4v) is 4.45. The molecule has 2 heterocycles. The zero-order valence-electron chi connectivity index (χ0n) is 25.1. The third-order valence-electron chi connectivity index (χ3n) is 6.70. The van der Waals surface area contributed by atoms with Gasteiger partial charge in [-0.25, -0.2) is 0 Å². The Morgan fingerprint density at radius 3 is 2.47 bits per heavy atom. The van der Waals surface area contributed by atoms with E-state index in [2.05, 4.69) is 37.9 Å². The van der Waals surface area contributed by atoms with Crippen molar-refractivity contribution in [1.29, 1.82) is 0 Å². The highest BCUT2D eigenvalue weighted by Crippen LogP contribution is 2.27. The van der Waals surface area contributed by atoms with Crippen molar-refractivity contribution in [2.24, 2.45) is 0 Å². The highest BCUT2D eigenvalue weighted by atomic mass is 16.2. The number of aromatic nitrogens is 2. The molecular formula is C38H39N3O2. The van der Waals surface area contributed by atoms with Crippen LogP contribution in [0.25, 0.3) is 33.6 Å². The molecule has 3 aromatic rings. The molecule has 0 bridgehead atoms. The number of amides is 1. The summed E-state index contributed by atoms with van der Waals surface area (Å²) in [6.07, 6.45) is 23.1. The molecule has 0 unspecified atom stereocenters. The second-order valence-corrected chi connectivity index (χ2v) is 9.78. The molecule has 218 valence electrons. The molecule has 0 radical (unpaired) electrons. The average molecular weight is 570 g/mol. The molecule has 0 saturated heterocycles. The molecule has 0 N–H and O–H groups in total. The van der Waals surface area contributed by atoms with E-state index in [4.69, 9.17) is 0 Å². The van der Waals surface area contributed by atoms with E-state index in [9.17, 15) is 9.59 Å². The van der Waals surface area contributed by atoms with E-state index < -0.39 is 0 Å². The minimum absolute atomic E-state index is 0.227. The average Bonchev–Trinajstić information content (AvgIpc) is 3.02. The normalized spacial score (nSPS) is 12.4. The maximum Gasteiger partial charge on any atom is 0.255 e. The molecule has 0 atom stereocenters. The van der Waals surface area contributed by atoms with Crippen LogP contribution < -0.4 is 5.56 Å². The van der Waals surface area contributed by atoms with Gasteiger partial charge >= 0.3 is 0 Å². The van der Waals surface area contributed by atoms with Gasteiger partial charge in [0.05, 0.1) is 16.7 Å². The molecule has 3 rings (SSSR count). The first kappa shape index (κ1) is 32.2. The highest BCUT2D eigenvalue weighted by molar-refractivity contribution is 6.05. The first-order chi connectivity index (χ1) is 20.8. The molecule has 1 aromatic carbocycles. The predicted octanol–water partition coefficient (Wildman–Crippen LogP) is 8.72. The third kappa shape index (κ3) is 8.14. The molecule has 0 aliphatic heterocycles. The molecule has 5 nitrogen and oxygen atoms in total. The predicted molar refractivity (Wildman–Crippen MR) is 184 cm³/mol. The molecule has 0 saturated carbocycles. The number of carbonyl (C=O) groups excluding carboxylic acids is 1. The Hall–Kier alpha value is -5.29. The van der Waals surface area contributed by atoms with Crippen LogP contribution in [0.1, 0.15) is 32.3 Å². The Morgan fingerprint density at radius 2 is 1.79 bits per heavy atom. The Balaban J connectivity index is 2.34. The van der Waals surface area contributed by atoms with Gasteiger partial charge in [0.15, 0.2) is 0 Å². The summed E-state index contributed by atoms with van der Waals surface area (Å²) in [5.41, 5.74) is 5.00. The SMILES string of the molecule is C=C\C=C/C(/C=C/c1ccc2ncc3ccc(=O)n(C(/C=C\C(=C)CC)=C/C(=C)N(CCC)C(=O)C=C)c3c2c1)=C\C=C. The summed E-state index contributed by atoms with van der Waals surface area (Å²) in [6.45, 7) is 23.9. The van der Waals surface area contributed by atoms with Gasteiger partial charge < -0.3 is 4.90 Å². The van der Waals surface area contributed by atoms with Crippen molar-refractivity contribution in [3.8, 4) is 0 Å². The zero-order valence-corrected chi connectivity index (χ0v) is 25.1. The van der Waals surface area contributed by atoms with Crippen molar-refractivity contribution < 1.29 is 4.79 Å². The van der Waals surface area contributed by atoms with Crippen molar-refractivity contribution in [3.05, 3.63) is 163 Å². The molecule has 2 aromatic heterocycles. The summed E-state index contributed by atoms with van der Waals surface area (Å²) in [5.74, 6) is -0.256. The number of nitrogens with zero attached hydrogens (tertiary/aromatic N) is 3. The lowest BCUT2D eigenvalue weighted by atomic mass is 10.1. The summed E-state index contributed by atoms with van der Waals surface area (Å²) in [4.78, 5) is 32.5. The van der Waals surface area contributed by atoms with Crippen LogP contribution in [-0.2, 0) is 4.79 Å². The maximum atomic E-state index is 13.6. The van der Waals surface area contributed by atoms with Crippen LogP contribution in [0, 0.1) is 0 Å². The fourth-order valence-electron chi connectivity index (χ4n) is 4.45. The quantitative estimate of drug-likeness (QED) is 0.111. The maximum absolute atomic E-state index is 13.6. The van der Waals surface area contributed by atoms with Crippen LogP contribution in [0.15, 0.2) is 152 Å². The Labute approximate surface area is 254 Å². The number of hydrogen-bond acceptors (Lipinski definition) is 3. The smallest absolute Gasteiger partial charge is 0.255 e. The summed E-state index contributed by atoms with van der Waals surface area (Å²) in [6, 6.07) is 9.25. The van der Waals surface area contributed by atoms with E-state index in [1.807, 2.05) is 74.6 Å². The van der Waals surface area contributed by atoms with E-state index in [-0.39, 0.29) is 11.5 Å². The summed E-state index contributed by atoms with van der Waals surface area (Å²) in [7, 11) is 0. The van der Waals surface area contributed by atoms with E-state index in [1.54, 1.807) is 40.0 Å². The minimum Gasteiger partial charge on any atom is -0.309 e. The van der Waals surface area contributed by atoms with E-state index in [0.29, 0.717) is 23.5 Å². The van der Waals surface area contributed by atoms with Gasteiger partial charge in [0.25, 0.3) is 5.56 Å². The summed E-state index contributed by atoms with van der Waals surface area (Å²) in [5, 5.41) is 1.60. The topological polar surface area (TPSA) is 55.2 Å². The van der Waals surface area contributed by atoms with Crippen LogP contribution in [0.3, 0.4) is 0 Å². The molecule has 1 amide bonds. The van der Waals surface area contributed by atoms with Crippen molar-refractivity contribution >= 4 is 39.5 Å². The molecule has 0 aliphatic carbocycles. The number of hydrogen-bond donors (Lipinski definition) is 0. The van der Waals surface area contributed by atoms with Gasteiger partial charge in [-0.1, -0.05) is 107 Å². The highest BCUT2D eigenvalue weighted by Gasteiger charge is 2.15. The molecule has 0 spiro atoms. The van der Waals surface area contributed by atoms with Gasteiger partial charge in [-0.15, -0.1) is 0 Å². The summed E-state index contributed by atoms with van der Waals surface area (Å²) < 4.78 is 1.65. The van der Waals surface area contributed by atoms with Gasteiger partial charge in [0, 0.05) is 35.3 Å². The van der Waals surface area contributed by atoms with Crippen molar-refractivity contribution in [3.63, 3.8) is 0 Å². The lowest BCUT2D eigenvalue weighted by Crippen LogP contribution is -2.29. The number of allylic oxidation sites excluding steroid dienone is 12. The Kier molecular flexibility index (Phi) is 11.7. The largest absolute Gasteiger partial charge is 0.309 e. The lowest BCUT2D eigenvalue weighted by molar-refractivity contribution is -0.124. The number of benzene rings is 1. The van der Waals surface area contributed by atoms with Crippen molar-refractivity contribution in [2.45, 2.75) is 26.7 Å². The van der Waals surface area contributed by atoms with Crippen LogP contribution in [0.5, 0.6) is 0 Å². The van der Waals surface area contributed by atoms with Crippen LogP contribution in [-0.4, -0.2) is 26.9 Å². The van der Waals surface area contributed by atoms with E-state index >= 15 is 0 Å². The van der Waals surface area contributed by atoms with E-state index in [0.717, 1.165) is 45.8 Å². The second-order valence-electron chi connectivity index (χ2n) is 9.78. The first-order valence-corrected chi connectivity index (χ1v) is 14.2. The Bertz CT molecular complexity index is 1790. The number of carbonyl (C=O) groups is 1. The van der Waals surface area contributed by atoms with Gasteiger partial charge in [-0.3, -0.25) is 19.1 Å². The van der Waals surface area contributed by atoms with Crippen molar-refractivity contribution in [1.82, 2.24) is 14.5 Å². The fraction of sp³-hybridized carbons (Fsp3) is 0.132. The minimum atomic E-state index is -0.256. The van der Waals surface area contributed by atoms with Crippen LogP contribution in [0.2, 0.25) is 0 Å². The van der Waals surface area contributed by atoms with Gasteiger partial charge in [-0.2, -0.15) is 0 Å². The number of rotatable bonds is 14. The monoisotopic (exact) mass is 569 g/mol. The van der Waals surface area contributed by atoms with E-state index in [1.165, 1.54) is 12.1 Å². The van der Waals surface area contributed by atoms with Crippen molar-refractivity contribution in [2.75, 3.05) is 6.54 Å². The molecule has 43 heavy (non-hydrogen) atoms. The summed E-state index contributed by atoms with van der Waals surface area (Å²) >= 11 is 0. The molecule has 0 aliphatic rings. The van der Waals surface area contributed by atoms with Crippen LogP contribution in [0.4, 0.5) is 0 Å². The third-order valence-corrected chi connectivity index (χ3v) is 6.70. The van der Waals surface area contributed by atoms with Gasteiger partial charge in [-0.05, 0) is 60.4 Å². The second kappa shape index (κ2) is 15.6. The molecule has 5 heteroatoms. The molecule has 0 fully saturated rings. The van der Waals surface area contributed by atoms with Gasteiger partial charge in [0.2, 0.25) is 5.91 Å². The standard InChI is InChI=1S/C38H39N3O2/c1-8-13-15-30(14-9-2)17-18-31-19-22-35-34(26-31)38-32(27-39-35)20-23-37(43)41(38)33(21-16-28(6)11-4)25-29(7)40(24-10-3)36(42)12-5/h8-9,12-23,25-27H,1-2,5-7,10-11,24H2,3-4H3/b15-13-,18-17+,21-16-,30-14+,33-25+. The lowest BCUT2D eigenvalue weighted by Gasteiger charge is -2.22. The molecular weight excluding hydrogens is 530 g/mol. The first-order valence-electron chi connectivity index (χ1n) is 14.2. The number of fused-ring (bicyclic) bond motifs is 3. The zero-order chi connectivity index (χ0) is 31.4. The van der Waals surface area contributed by atoms with Crippen LogP contribution >= 0.6 is 0 Å². The Morgan fingerprint density at radius 1 is 1.00 bits per heavy atom. The van der Waals surface area contributed by atoms with Gasteiger partial charge in [0.1, 0.15) is 0 Å². The number of pyridine rings is 2.